The van der Waals surface area contributed by atoms with Gasteiger partial charge in [-0.3, -0.25) is 0 Å². The van der Waals surface area contributed by atoms with Crippen LogP contribution in [0.4, 0.5) is 0 Å². The molecule has 4 unspecified atom stereocenters. The summed E-state index contributed by atoms with van der Waals surface area (Å²) in [5, 5.41) is 0. The van der Waals surface area contributed by atoms with Crippen LogP contribution in [0.25, 0.3) is 0 Å². The highest BCUT2D eigenvalue weighted by molar-refractivity contribution is 4.94. The van der Waals surface area contributed by atoms with Gasteiger partial charge >= 0.3 is 0 Å². The molecule has 128 valence electrons. The number of hydrogen-bond donors (Lipinski definition) is 0. The fourth-order valence-electron chi connectivity index (χ4n) is 6.50. The Morgan fingerprint density at radius 3 is 1.45 bits per heavy atom. The molecule has 0 spiro atoms. The monoisotopic (exact) mass is 304 g/mol. The lowest BCUT2D eigenvalue weighted by molar-refractivity contribution is -0.00450. The first-order chi connectivity index (χ1) is 10.8. The van der Waals surface area contributed by atoms with Crippen LogP contribution in [0, 0.1) is 35.5 Å². The topological polar surface area (TPSA) is 0 Å². The first-order valence-electron chi connectivity index (χ1n) is 10.8. The molecule has 3 aliphatic rings. The van der Waals surface area contributed by atoms with E-state index in [-0.39, 0.29) is 0 Å². The molecule has 6 atom stereocenters. The molecule has 3 aliphatic carbocycles. The van der Waals surface area contributed by atoms with Gasteiger partial charge in [0.2, 0.25) is 0 Å². The molecule has 0 aromatic carbocycles. The lowest BCUT2D eigenvalue weighted by atomic mass is 9.55. The SMILES string of the molecule is CCCC[C@H]1CCC2C(CCC3C[C@@H](CCCC)CCC32)C1. The van der Waals surface area contributed by atoms with E-state index >= 15 is 0 Å². The Hall–Kier alpha value is 0. The van der Waals surface area contributed by atoms with Gasteiger partial charge in [0.1, 0.15) is 0 Å². The molecule has 0 heterocycles. The van der Waals surface area contributed by atoms with Gasteiger partial charge in [0.05, 0.1) is 0 Å². The lowest BCUT2D eigenvalue weighted by Gasteiger charge is -2.51. The van der Waals surface area contributed by atoms with Crippen LogP contribution in [0.5, 0.6) is 0 Å². The van der Waals surface area contributed by atoms with E-state index in [2.05, 4.69) is 13.8 Å². The number of unbranched alkanes of at least 4 members (excludes halogenated alkanes) is 2. The first kappa shape index (κ1) is 16.8. The van der Waals surface area contributed by atoms with Crippen LogP contribution in [0.15, 0.2) is 0 Å². The van der Waals surface area contributed by atoms with Crippen LogP contribution >= 0.6 is 0 Å². The predicted octanol–water partition coefficient (Wildman–Crippen LogP) is 7.23. The maximum Gasteiger partial charge on any atom is -0.0355 e. The third-order valence-electron chi connectivity index (χ3n) is 7.69. The number of hydrogen-bond acceptors (Lipinski definition) is 0. The van der Waals surface area contributed by atoms with Crippen molar-refractivity contribution in [1.82, 2.24) is 0 Å². The van der Waals surface area contributed by atoms with Crippen molar-refractivity contribution in [3.63, 3.8) is 0 Å². The fourth-order valence-corrected chi connectivity index (χ4v) is 6.50. The summed E-state index contributed by atoms with van der Waals surface area (Å²) in [4.78, 5) is 0. The van der Waals surface area contributed by atoms with E-state index in [1.807, 2.05) is 0 Å². The molecule has 0 aromatic heterocycles. The maximum atomic E-state index is 2.35. The van der Waals surface area contributed by atoms with Crippen LogP contribution in [-0.4, -0.2) is 0 Å². The summed E-state index contributed by atoms with van der Waals surface area (Å²) in [6.07, 6.45) is 21.6. The molecule has 3 rings (SSSR count). The average molecular weight is 305 g/mol. The molecule has 0 N–H and O–H groups in total. The highest BCUT2D eigenvalue weighted by atomic mass is 14.5. The second-order valence-corrected chi connectivity index (χ2v) is 9.07. The molecule has 0 bridgehead atoms. The van der Waals surface area contributed by atoms with Crippen molar-refractivity contribution in [3.8, 4) is 0 Å². The van der Waals surface area contributed by atoms with Gasteiger partial charge in [0.25, 0.3) is 0 Å². The summed E-state index contributed by atoms with van der Waals surface area (Å²) >= 11 is 0. The van der Waals surface area contributed by atoms with Gasteiger partial charge in [-0.25, -0.2) is 0 Å². The molecule has 0 radical (unpaired) electrons. The van der Waals surface area contributed by atoms with E-state index in [1.165, 1.54) is 38.5 Å². The third kappa shape index (κ3) is 3.90. The van der Waals surface area contributed by atoms with Gasteiger partial charge in [0.15, 0.2) is 0 Å². The van der Waals surface area contributed by atoms with E-state index in [4.69, 9.17) is 0 Å². The Balaban J connectivity index is 1.51. The molecular formula is C22H40. The predicted molar refractivity (Wildman–Crippen MR) is 96.9 cm³/mol. The van der Waals surface area contributed by atoms with Crippen molar-refractivity contribution in [3.05, 3.63) is 0 Å². The third-order valence-corrected chi connectivity index (χ3v) is 7.69. The van der Waals surface area contributed by atoms with Crippen LogP contribution in [0.2, 0.25) is 0 Å². The summed E-state index contributed by atoms with van der Waals surface area (Å²) in [6.45, 7) is 4.71. The standard InChI is InChI=1S/C22H40/c1-3-5-7-17-9-13-21-19(15-17)11-12-20-16-18(8-6-4-2)10-14-22(20)21/h17-22H,3-16H2,1-2H3/t17-,18-,19?,20?,21?,22?/m0/s1. The van der Waals surface area contributed by atoms with E-state index in [1.54, 1.807) is 51.4 Å². The molecule has 0 aliphatic heterocycles. The largest absolute Gasteiger partial charge is 0.0654 e. The van der Waals surface area contributed by atoms with Crippen LogP contribution in [0.1, 0.15) is 104 Å². The normalized spacial score (nSPS) is 41.7. The van der Waals surface area contributed by atoms with Crippen molar-refractivity contribution in [1.29, 1.82) is 0 Å². The number of fused-ring (bicyclic) bond motifs is 3. The van der Waals surface area contributed by atoms with Crippen LogP contribution in [0.3, 0.4) is 0 Å². The first-order valence-corrected chi connectivity index (χ1v) is 10.8. The van der Waals surface area contributed by atoms with E-state index < -0.39 is 0 Å². The van der Waals surface area contributed by atoms with Gasteiger partial charge < -0.3 is 0 Å². The van der Waals surface area contributed by atoms with Crippen molar-refractivity contribution >= 4 is 0 Å². The Morgan fingerprint density at radius 2 is 1.05 bits per heavy atom. The van der Waals surface area contributed by atoms with E-state index in [0.29, 0.717) is 0 Å². The minimum atomic E-state index is 1.10. The second-order valence-electron chi connectivity index (χ2n) is 9.07. The Bertz CT molecular complexity index is 288. The summed E-state index contributed by atoms with van der Waals surface area (Å²) < 4.78 is 0. The van der Waals surface area contributed by atoms with Crippen molar-refractivity contribution in [2.75, 3.05) is 0 Å². The van der Waals surface area contributed by atoms with E-state index in [0.717, 1.165) is 35.5 Å². The van der Waals surface area contributed by atoms with Crippen LogP contribution < -0.4 is 0 Å². The molecule has 0 saturated heterocycles. The Labute approximate surface area is 139 Å². The van der Waals surface area contributed by atoms with Crippen molar-refractivity contribution in [2.24, 2.45) is 35.5 Å². The molecule has 3 fully saturated rings. The van der Waals surface area contributed by atoms with Crippen LogP contribution in [-0.2, 0) is 0 Å². The second kappa shape index (κ2) is 8.20. The zero-order chi connectivity index (χ0) is 15.4. The molecule has 3 saturated carbocycles. The molecule has 22 heavy (non-hydrogen) atoms. The molecule has 0 heteroatoms. The summed E-state index contributed by atoms with van der Waals surface area (Å²) in [7, 11) is 0. The number of rotatable bonds is 6. The zero-order valence-electron chi connectivity index (χ0n) is 15.4. The van der Waals surface area contributed by atoms with Gasteiger partial charge in [-0.2, -0.15) is 0 Å². The van der Waals surface area contributed by atoms with Crippen molar-refractivity contribution < 1.29 is 0 Å². The Morgan fingerprint density at radius 1 is 0.591 bits per heavy atom. The highest BCUT2D eigenvalue weighted by Gasteiger charge is 2.44. The van der Waals surface area contributed by atoms with Gasteiger partial charge in [-0.1, -0.05) is 65.2 Å². The zero-order valence-corrected chi connectivity index (χ0v) is 15.4. The summed E-state index contributed by atoms with van der Waals surface area (Å²) in [5.41, 5.74) is 0. The molecule has 0 amide bonds. The van der Waals surface area contributed by atoms with Crippen molar-refractivity contribution in [2.45, 2.75) is 104 Å². The average Bonchev–Trinajstić information content (AvgIpc) is 2.57. The van der Waals surface area contributed by atoms with E-state index in [9.17, 15) is 0 Å². The summed E-state index contributed by atoms with van der Waals surface area (Å²) in [5.74, 6) is 6.73. The lowest BCUT2D eigenvalue weighted by Crippen LogP contribution is -2.41. The summed E-state index contributed by atoms with van der Waals surface area (Å²) in [6, 6.07) is 0. The quantitative estimate of drug-likeness (QED) is 0.485. The minimum Gasteiger partial charge on any atom is -0.0654 e. The highest BCUT2D eigenvalue weighted by Crippen LogP contribution is 2.54. The molecule has 0 nitrogen and oxygen atoms in total. The smallest absolute Gasteiger partial charge is 0.0355 e. The Kier molecular flexibility index (Phi) is 6.28. The van der Waals surface area contributed by atoms with Gasteiger partial charge in [-0.15, -0.1) is 0 Å². The molecular weight excluding hydrogens is 264 g/mol. The fraction of sp³-hybridized carbons (Fsp3) is 1.00. The maximum absolute atomic E-state index is 2.35. The minimum absolute atomic E-state index is 1.10. The van der Waals surface area contributed by atoms with Gasteiger partial charge in [0, 0.05) is 0 Å². The molecule has 0 aromatic rings. The van der Waals surface area contributed by atoms with Gasteiger partial charge in [-0.05, 0) is 74.0 Å².